The number of carboxylic acids is 1. The number of hydrogen-bond acceptors (Lipinski definition) is 6. The molecule has 0 fully saturated rings. The fourth-order valence-electron chi connectivity index (χ4n) is 3.44. The molecule has 1 unspecified atom stereocenters. The standard InChI is InChI=1S/C20H19N3O4S/c1-12-8-13-4-2-3-5-16(13)23(12)10-14-6-7-27-18(14)19(24)21-9-17-22-15(11-28-17)20(25)26/h2-7,11-12H,8-10H2,1H3,(H,21,24)(H,25,26). The van der Waals surface area contributed by atoms with E-state index in [2.05, 4.69) is 34.3 Å². The third kappa shape index (κ3) is 3.50. The first-order chi connectivity index (χ1) is 13.5. The van der Waals surface area contributed by atoms with E-state index in [0.717, 1.165) is 12.0 Å². The summed E-state index contributed by atoms with van der Waals surface area (Å²) in [6.45, 7) is 2.90. The lowest BCUT2D eigenvalue weighted by Gasteiger charge is -2.24. The van der Waals surface area contributed by atoms with Gasteiger partial charge in [0.1, 0.15) is 5.01 Å². The second-order valence-corrected chi connectivity index (χ2v) is 7.64. The fraction of sp³-hybridized carbons (Fsp3) is 0.250. The van der Waals surface area contributed by atoms with Crippen molar-refractivity contribution in [3.05, 3.63) is 69.6 Å². The van der Waals surface area contributed by atoms with Gasteiger partial charge in [-0.25, -0.2) is 9.78 Å². The van der Waals surface area contributed by atoms with Crippen molar-refractivity contribution in [3.8, 4) is 0 Å². The second kappa shape index (κ2) is 7.47. The van der Waals surface area contributed by atoms with Gasteiger partial charge in [0, 0.05) is 29.2 Å². The molecule has 0 saturated carbocycles. The molecule has 1 aromatic carbocycles. The van der Waals surface area contributed by atoms with Crippen LogP contribution in [0.1, 0.15) is 44.1 Å². The third-order valence-electron chi connectivity index (χ3n) is 4.81. The van der Waals surface area contributed by atoms with Gasteiger partial charge in [0.25, 0.3) is 5.91 Å². The summed E-state index contributed by atoms with van der Waals surface area (Å²) in [4.78, 5) is 29.7. The lowest BCUT2D eigenvalue weighted by Crippen LogP contribution is -2.30. The highest BCUT2D eigenvalue weighted by Crippen LogP contribution is 2.33. The molecule has 1 atom stereocenters. The second-order valence-electron chi connectivity index (χ2n) is 6.70. The summed E-state index contributed by atoms with van der Waals surface area (Å²) in [6, 6.07) is 10.4. The van der Waals surface area contributed by atoms with Crippen molar-refractivity contribution in [1.82, 2.24) is 10.3 Å². The van der Waals surface area contributed by atoms with Crippen molar-refractivity contribution >= 4 is 28.9 Å². The molecule has 3 aromatic rings. The molecule has 144 valence electrons. The number of aromatic carboxylic acids is 1. The Kier molecular flexibility index (Phi) is 4.87. The molecule has 28 heavy (non-hydrogen) atoms. The molecular formula is C20H19N3O4S. The lowest BCUT2D eigenvalue weighted by molar-refractivity contribution is 0.0691. The van der Waals surface area contributed by atoms with Crippen LogP contribution in [0.5, 0.6) is 0 Å². The predicted molar refractivity (Wildman–Crippen MR) is 105 cm³/mol. The molecule has 1 aliphatic heterocycles. The van der Waals surface area contributed by atoms with E-state index in [1.165, 1.54) is 34.2 Å². The summed E-state index contributed by atoms with van der Waals surface area (Å²) in [5, 5.41) is 13.7. The molecule has 2 N–H and O–H groups in total. The van der Waals surface area contributed by atoms with Gasteiger partial charge in [-0.15, -0.1) is 11.3 Å². The van der Waals surface area contributed by atoms with Crippen molar-refractivity contribution in [1.29, 1.82) is 0 Å². The number of carbonyl (C=O) groups excluding carboxylic acids is 1. The molecule has 1 aliphatic rings. The molecule has 7 nitrogen and oxygen atoms in total. The van der Waals surface area contributed by atoms with Crippen molar-refractivity contribution in [2.24, 2.45) is 0 Å². The molecule has 0 aliphatic carbocycles. The Bertz CT molecular complexity index is 1030. The quantitative estimate of drug-likeness (QED) is 0.663. The Balaban J connectivity index is 1.45. The zero-order valence-electron chi connectivity index (χ0n) is 15.2. The number of nitrogens with one attached hydrogen (secondary N) is 1. The van der Waals surface area contributed by atoms with E-state index < -0.39 is 5.97 Å². The number of nitrogens with zero attached hydrogens (tertiary/aromatic N) is 2. The maximum atomic E-state index is 12.6. The van der Waals surface area contributed by atoms with Crippen LogP contribution in [-0.4, -0.2) is 28.0 Å². The normalized spacial score (nSPS) is 15.5. The van der Waals surface area contributed by atoms with Gasteiger partial charge in [-0.3, -0.25) is 4.79 Å². The summed E-state index contributed by atoms with van der Waals surface area (Å²) >= 11 is 1.19. The molecule has 0 radical (unpaired) electrons. The van der Waals surface area contributed by atoms with Gasteiger partial charge in [0.05, 0.1) is 12.8 Å². The van der Waals surface area contributed by atoms with E-state index >= 15 is 0 Å². The average Bonchev–Trinajstić information content (AvgIpc) is 3.40. The van der Waals surface area contributed by atoms with E-state index in [1.807, 2.05) is 18.2 Å². The zero-order valence-corrected chi connectivity index (χ0v) is 16.0. The Morgan fingerprint density at radius 3 is 2.96 bits per heavy atom. The van der Waals surface area contributed by atoms with Crippen molar-refractivity contribution in [2.45, 2.75) is 32.5 Å². The number of para-hydroxylation sites is 1. The van der Waals surface area contributed by atoms with Crippen LogP contribution in [0.3, 0.4) is 0 Å². The van der Waals surface area contributed by atoms with Gasteiger partial charge in [-0.2, -0.15) is 0 Å². The van der Waals surface area contributed by atoms with Crippen LogP contribution in [0.4, 0.5) is 5.69 Å². The number of benzene rings is 1. The zero-order chi connectivity index (χ0) is 19.7. The number of amides is 1. The summed E-state index contributed by atoms with van der Waals surface area (Å²) in [7, 11) is 0. The first kappa shape index (κ1) is 18.2. The lowest BCUT2D eigenvalue weighted by atomic mass is 10.1. The average molecular weight is 397 g/mol. The largest absolute Gasteiger partial charge is 0.476 e. The molecule has 3 heterocycles. The van der Waals surface area contributed by atoms with Crippen molar-refractivity contribution in [2.75, 3.05) is 4.90 Å². The molecule has 1 amide bonds. The van der Waals surface area contributed by atoms with Gasteiger partial charge < -0.3 is 19.7 Å². The molecule has 4 rings (SSSR count). The van der Waals surface area contributed by atoms with Crippen molar-refractivity contribution < 1.29 is 19.1 Å². The van der Waals surface area contributed by atoms with E-state index in [1.54, 1.807) is 0 Å². The van der Waals surface area contributed by atoms with Crippen LogP contribution in [0.2, 0.25) is 0 Å². The summed E-state index contributed by atoms with van der Waals surface area (Å²) in [5.41, 5.74) is 3.29. The van der Waals surface area contributed by atoms with E-state index in [0.29, 0.717) is 17.6 Å². The van der Waals surface area contributed by atoms with Gasteiger partial charge in [-0.05, 0) is 31.0 Å². The first-order valence-electron chi connectivity index (χ1n) is 8.89. The van der Waals surface area contributed by atoms with Crippen LogP contribution in [-0.2, 0) is 19.5 Å². The number of anilines is 1. The molecule has 0 bridgehead atoms. The molecular weight excluding hydrogens is 378 g/mol. The highest BCUT2D eigenvalue weighted by atomic mass is 32.1. The van der Waals surface area contributed by atoms with Gasteiger partial charge >= 0.3 is 5.97 Å². The molecule has 0 spiro atoms. The number of aromatic nitrogens is 1. The number of carbonyl (C=O) groups is 2. The van der Waals surface area contributed by atoms with Crippen LogP contribution in [0, 0.1) is 0 Å². The van der Waals surface area contributed by atoms with E-state index in [4.69, 9.17) is 9.52 Å². The minimum absolute atomic E-state index is 0.0189. The number of furan rings is 1. The van der Waals surface area contributed by atoms with Crippen LogP contribution < -0.4 is 10.2 Å². The van der Waals surface area contributed by atoms with Crippen molar-refractivity contribution in [3.63, 3.8) is 0 Å². The Morgan fingerprint density at radius 2 is 2.18 bits per heavy atom. The highest BCUT2D eigenvalue weighted by molar-refractivity contribution is 7.09. The number of thiazole rings is 1. The van der Waals surface area contributed by atoms with Crippen LogP contribution in [0.15, 0.2) is 46.4 Å². The Morgan fingerprint density at radius 1 is 1.36 bits per heavy atom. The minimum Gasteiger partial charge on any atom is -0.476 e. The fourth-order valence-corrected chi connectivity index (χ4v) is 4.15. The van der Waals surface area contributed by atoms with Gasteiger partial charge in [0.15, 0.2) is 11.5 Å². The van der Waals surface area contributed by atoms with Gasteiger partial charge in [-0.1, -0.05) is 18.2 Å². The summed E-state index contributed by atoms with van der Waals surface area (Å²) < 4.78 is 5.44. The SMILES string of the molecule is CC1Cc2ccccc2N1Cc1ccoc1C(=O)NCc1nc(C(=O)O)cs1. The maximum Gasteiger partial charge on any atom is 0.355 e. The van der Waals surface area contributed by atoms with Gasteiger partial charge in [0.2, 0.25) is 0 Å². The minimum atomic E-state index is -1.08. The smallest absolute Gasteiger partial charge is 0.355 e. The number of hydrogen-bond donors (Lipinski definition) is 2. The monoisotopic (exact) mass is 397 g/mol. The summed E-state index contributed by atoms with van der Waals surface area (Å²) in [5.74, 6) is -1.15. The topological polar surface area (TPSA) is 95.7 Å². The van der Waals surface area contributed by atoms with Crippen LogP contribution in [0.25, 0.3) is 0 Å². The molecule has 8 heteroatoms. The Hall–Kier alpha value is -3.13. The highest BCUT2D eigenvalue weighted by Gasteiger charge is 2.27. The number of rotatable bonds is 6. The van der Waals surface area contributed by atoms with Crippen LogP contribution >= 0.6 is 11.3 Å². The Labute approximate surface area is 165 Å². The first-order valence-corrected chi connectivity index (χ1v) is 9.77. The number of carboxylic acid groups (broad SMARTS) is 1. The maximum absolute atomic E-state index is 12.6. The molecule has 2 aromatic heterocycles. The van der Waals surface area contributed by atoms with E-state index in [9.17, 15) is 9.59 Å². The number of fused-ring (bicyclic) bond motifs is 1. The predicted octanol–water partition coefficient (Wildman–Crippen LogP) is 3.32. The third-order valence-corrected chi connectivity index (χ3v) is 5.66. The van der Waals surface area contributed by atoms with E-state index in [-0.39, 0.29) is 23.9 Å². The molecule has 0 saturated heterocycles. The summed E-state index contributed by atoms with van der Waals surface area (Å²) in [6.07, 6.45) is 2.49.